The van der Waals surface area contributed by atoms with Crippen molar-refractivity contribution in [1.82, 2.24) is 20.3 Å². The zero-order valence-corrected chi connectivity index (χ0v) is 10.6. The first-order valence-electron chi connectivity index (χ1n) is 6.17. The molecule has 0 fully saturated rings. The minimum atomic E-state index is 0.0379. The average molecular weight is 250 g/mol. The Hall–Kier alpha value is -2.33. The molecule has 19 heavy (non-hydrogen) atoms. The molecule has 1 atom stereocenters. The van der Waals surface area contributed by atoms with Gasteiger partial charge in [0, 0.05) is 17.8 Å². The number of nitrogens with one attached hydrogen (secondary N) is 1. The number of pyridine rings is 1. The Bertz CT molecular complexity index is 677. The van der Waals surface area contributed by atoms with Crippen molar-refractivity contribution in [3.05, 3.63) is 66.4 Å². The molecule has 0 saturated heterocycles. The summed E-state index contributed by atoms with van der Waals surface area (Å²) in [5.41, 5.74) is 3.12. The topological polar surface area (TPSA) is 50.7 Å². The molecule has 1 aromatic carbocycles. The zero-order chi connectivity index (χ0) is 13.1. The zero-order valence-electron chi connectivity index (χ0n) is 10.6. The number of rotatable bonds is 3. The number of hydrogen-bond donors (Lipinski definition) is 1. The van der Waals surface area contributed by atoms with Gasteiger partial charge >= 0.3 is 0 Å². The first kappa shape index (κ1) is 11.7. The molecule has 4 heteroatoms. The second-order valence-corrected chi connectivity index (χ2v) is 4.27. The normalized spacial score (nSPS) is 12.5. The van der Waals surface area contributed by atoms with Gasteiger partial charge in [0.25, 0.3) is 0 Å². The Morgan fingerprint density at radius 3 is 2.74 bits per heavy atom. The van der Waals surface area contributed by atoms with Gasteiger partial charge in [-0.3, -0.25) is 4.98 Å². The Kier molecular flexibility index (Phi) is 3.16. The lowest BCUT2D eigenvalue weighted by Crippen LogP contribution is -2.19. The van der Waals surface area contributed by atoms with Gasteiger partial charge in [-0.2, -0.15) is 0 Å². The van der Waals surface area contributed by atoms with E-state index < -0.39 is 0 Å². The van der Waals surface area contributed by atoms with Crippen molar-refractivity contribution < 1.29 is 0 Å². The molecular weight excluding hydrogens is 236 g/mol. The molecule has 2 aromatic heterocycles. The highest BCUT2D eigenvalue weighted by molar-refractivity contribution is 5.82. The smallest absolute Gasteiger partial charge is 0.115 e. The molecule has 0 spiro atoms. The first-order valence-corrected chi connectivity index (χ1v) is 6.17. The summed E-state index contributed by atoms with van der Waals surface area (Å²) < 4.78 is 0. The predicted molar refractivity (Wildman–Crippen MR) is 74.7 cm³/mol. The largest absolute Gasteiger partial charge is 0.308 e. The van der Waals surface area contributed by atoms with E-state index in [-0.39, 0.29) is 6.04 Å². The monoisotopic (exact) mass is 250 g/mol. The molecular formula is C15H14N4. The van der Waals surface area contributed by atoms with Crippen LogP contribution in [0.2, 0.25) is 0 Å². The van der Waals surface area contributed by atoms with Crippen LogP contribution in [0.1, 0.15) is 17.3 Å². The SMILES string of the molecule is CNC(c1ccncn1)c1cccc2ncccc12. The predicted octanol–water partition coefficient (Wildman–Crippen LogP) is 2.33. The molecule has 0 bridgehead atoms. The summed E-state index contributed by atoms with van der Waals surface area (Å²) in [4.78, 5) is 12.7. The third kappa shape index (κ3) is 2.18. The van der Waals surface area contributed by atoms with Crippen molar-refractivity contribution in [3.63, 3.8) is 0 Å². The van der Waals surface area contributed by atoms with Crippen molar-refractivity contribution in [1.29, 1.82) is 0 Å². The molecule has 0 amide bonds. The van der Waals surface area contributed by atoms with Crippen LogP contribution < -0.4 is 5.32 Å². The summed E-state index contributed by atoms with van der Waals surface area (Å²) in [6.45, 7) is 0. The molecule has 2 heterocycles. The minimum absolute atomic E-state index is 0.0379. The maximum absolute atomic E-state index is 4.39. The Balaban J connectivity index is 2.17. The summed E-state index contributed by atoms with van der Waals surface area (Å²) in [6, 6.07) is 12.2. The van der Waals surface area contributed by atoms with E-state index in [2.05, 4.69) is 32.4 Å². The van der Waals surface area contributed by atoms with Crippen LogP contribution in [0.3, 0.4) is 0 Å². The van der Waals surface area contributed by atoms with Crippen molar-refractivity contribution >= 4 is 10.9 Å². The maximum Gasteiger partial charge on any atom is 0.115 e. The van der Waals surface area contributed by atoms with Gasteiger partial charge < -0.3 is 5.32 Å². The number of benzene rings is 1. The highest BCUT2D eigenvalue weighted by atomic mass is 14.9. The van der Waals surface area contributed by atoms with E-state index in [1.165, 1.54) is 5.56 Å². The highest BCUT2D eigenvalue weighted by Gasteiger charge is 2.15. The van der Waals surface area contributed by atoms with Gasteiger partial charge in [-0.1, -0.05) is 18.2 Å². The number of aromatic nitrogens is 3. The Labute approximate surface area is 111 Å². The third-order valence-corrected chi connectivity index (χ3v) is 3.18. The summed E-state index contributed by atoms with van der Waals surface area (Å²) >= 11 is 0. The third-order valence-electron chi connectivity index (χ3n) is 3.18. The van der Waals surface area contributed by atoms with Crippen molar-refractivity contribution in [2.24, 2.45) is 0 Å². The first-order chi connectivity index (χ1) is 9.40. The van der Waals surface area contributed by atoms with Crippen LogP contribution in [0.5, 0.6) is 0 Å². The fourth-order valence-corrected chi connectivity index (χ4v) is 2.31. The van der Waals surface area contributed by atoms with E-state index >= 15 is 0 Å². The standard InChI is InChI=1S/C15H14N4/c1-16-15(14-7-9-17-10-19-14)12-4-2-6-13-11(12)5-3-8-18-13/h2-10,15-16H,1H3. The molecule has 4 nitrogen and oxygen atoms in total. The fourth-order valence-electron chi connectivity index (χ4n) is 2.31. The molecule has 0 aliphatic rings. The van der Waals surface area contributed by atoms with E-state index in [0.29, 0.717) is 0 Å². The van der Waals surface area contributed by atoms with E-state index in [1.807, 2.05) is 37.5 Å². The van der Waals surface area contributed by atoms with Gasteiger partial charge in [-0.05, 0) is 30.8 Å². The van der Waals surface area contributed by atoms with Gasteiger partial charge in [-0.25, -0.2) is 9.97 Å². The Morgan fingerprint density at radius 1 is 1.00 bits per heavy atom. The average Bonchev–Trinajstić information content (AvgIpc) is 2.49. The molecule has 0 radical (unpaired) electrons. The summed E-state index contributed by atoms with van der Waals surface area (Å²) in [7, 11) is 1.93. The lowest BCUT2D eigenvalue weighted by Gasteiger charge is -2.17. The van der Waals surface area contributed by atoms with E-state index in [1.54, 1.807) is 12.5 Å². The van der Waals surface area contributed by atoms with Gasteiger partial charge in [0.05, 0.1) is 17.3 Å². The molecule has 1 N–H and O–H groups in total. The highest BCUT2D eigenvalue weighted by Crippen LogP contribution is 2.26. The van der Waals surface area contributed by atoms with Gasteiger partial charge in [-0.15, -0.1) is 0 Å². The van der Waals surface area contributed by atoms with Gasteiger partial charge in [0.2, 0.25) is 0 Å². The van der Waals surface area contributed by atoms with Crippen LogP contribution in [0.25, 0.3) is 10.9 Å². The summed E-state index contributed by atoms with van der Waals surface area (Å²) in [6.07, 6.45) is 5.14. The lowest BCUT2D eigenvalue weighted by atomic mass is 9.99. The van der Waals surface area contributed by atoms with Crippen LogP contribution in [0, 0.1) is 0 Å². The molecule has 0 aliphatic heterocycles. The number of nitrogens with zero attached hydrogens (tertiary/aromatic N) is 3. The maximum atomic E-state index is 4.39. The Morgan fingerprint density at radius 2 is 1.95 bits per heavy atom. The molecule has 0 aliphatic carbocycles. The molecule has 3 aromatic rings. The van der Waals surface area contributed by atoms with Crippen molar-refractivity contribution in [2.45, 2.75) is 6.04 Å². The molecule has 3 rings (SSSR count). The van der Waals surface area contributed by atoms with Crippen molar-refractivity contribution in [3.8, 4) is 0 Å². The van der Waals surface area contributed by atoms with E-state index in [4.69, 9.17) is 0 Å². The van der Waals surface area contributed by atoms with Crippen LogP contribution in [0.4, 0.5) is 0 Å². The van der Waals surface area contributed by atoms with Gasteiger partial charge in [0.1, 0.15) is 6.33 Å². The van der Waals surface area contributed by atoms with Gasteiger partial charge in [0.15, 0.2) is 0 Å². The minimum Gasteiger partial charge on any atom is -0.308 e. The quantitative estimate of drug-likeness (QED) is 0.775. The van der Waals surface area contributed by atoms with E-state index in [0.717, 1.165) is 16.6 Å². The summed E-state index contributed by atoms with van der Waals surface area (Å²) in [5, 5.41) is 4.45. The lowest BCUT2D eigenvalue weighted by molar-refractivity contribution is 0.672. The number of hydrogen-bond acceptors (Lipinski definition) is 4. The van der Waals surface area contributed by atoms with Crippen LogP contribution in [-0.4, -0.2) is 22.0 Å². The molecule has 1 unspecified atom stereocenters. The molecule has 0 saturated carbocycles. The van der Waals surface area contributed by atoms with Crippen LogP contribution in [-0.2, 0) is 0 Å². The van der Waals surface area contributed by atoms with E-state index in [9.17, 15) is 0 Å². The van der Waals surface area contributed by atoms with Crippen LogP contribution >= 0.6 is 0 Å². The second-order valence-electron chi connectivity index (χ2n) is 4.27. The number of fused-ring (bicyclic) bond motifs is 1. The fraction of sp³-hybridized carbons (Fsp3) is 0.133. The molecule has 94 valence electrons. The van der Waals surface area contributed by atoms with Crippen molar-refractivity contribution in [2.75, 3.05) is 7.05 Å². The summed E-state index contributed by atoms with van der Waals surface area (Å²) in [5.74, 6) is 0. The van der Waals surface area contributed by atoms with Crippen LogP contribution in [0.15, 0.2) is 55.1 Å². The second kappa shape index (κ2) is 5.12.